The lowest BCUT2D eigenvalue weighted by Gasteiger charge is -2.19. The number of hydrogen-bond donors (Lipinski definition) is 2. The molecule has 106 valence electrons. The number of amides is 1. The molecule has 3 rings (SSSR count). The molecule has 0 radical (unpaired) electrons. The van der Waals surface area contributed by atoms with Crippen LogP contribution in [0.25, 0.3) is 0 Å². The number of hydrogen-bond acceptors (Lipinski definition) is 3. The molecule has 20 heavy (non-hydrogen) atoms. The van der Waals surface area contributed by atoms with Gasteiger partial charge in [0.2, 0.25) is 0 Å². The van der Waals surface area contributed by atoms with E-state index in [-0.39, 0.29) is 6.61 Å². The molecule has 1 fully saturated rings. The van der Waals surface area contributed by atoms with Gasteiger partial charge in [0.25, 0.3) is 5.91 Å². The second kappa shape index (κ2) is 5.57. The number of benzene rings is 1. The van der Waals surface area contributed by atoms with Gasteiger partial charge in [0.15, 0.2) is 6.61 Å². The fraction of sp³-hybridized carbons (Fsp3) is 0.438. The average Bonchev–Trinajstić information content (AvgIpc) is 3.06. The minimum Gasteiger partial charge on any atom is -0.484 e. The highest BCUT2D eigenvalue weighted by Crippen LogP contribution is 2.43. The Balaban J connectivity index is 1.48. The topological polar surface area (TPSA) is 64.4 Å². The highest BCUT2D eigenvalue weighted by Gasteiger charge is 2.35. The fourth-order valence-corrected chi connectivity index (χ4v) is 3.20. The maximum Gasteiger partial charge on any atom is 0.255 e. The number of rotatable bonds is 6. The summed E-state index contributed by atoms with van der Waals surface area (Å²) in [5, 5.41) is 3.48. The Labute approximate surface area is 119 Å². The fourth-order valence-electron chi connectivity index (χ4n) is 3.20. The molecule has 1 saturated carbocycles. The maximum atomic E-state index is 10.6. The summed E-state index contributed by atoms with van der Waals surface area (Å²) >= 11 is 0. The van der Waals surface area contributed by atoms with E-state index in [4.69, 9.17) is 10.5 Å². The number of nitrogens with two attached hydrogens (primary N) is 1. The van der Waals surface area contributed by atoms with Gasteiger partial charge >= 0.3 is 0 Å². The number of nitrogens with one attached hydrogen (secondary N) is 1. The summed E-state index contributed by atoms with van der Waals surface area (Å²) < 4.78 is 5.23. The zero-order valence-electron chi connectivity index (χ0n) is 11.4. The van der Waals surface area contributed by atoms with Crippen LogP contribution in [0.5, 0.6) is 5.75 Å². The first-order valence-corrected chi connectivity index (χ1v) is 7.14. The Kier molecular flexibility index (Phi) is 3.63. The van der Waals surface area contributed by atoms with Crippen molar-refractivity contribution >= 4 is 11.6 Å². The smallest absolute Gasteiger partial charge is 0.255 e. The molecule has 1 aromatic rings. The van der Waals surface area contributed by atoms with Gasteiger partial charge in [-0.25, -0.2) is 0 Å². The van der Waals surface area contributed by atoms with Crippen LogP contribution >= 0.6 is 0 Å². The Hall–Kier alpha value is -1.97. The van der Waals surface area contributed by atoms with E-state index in [1.807, 2.05) is 24.3 Å². The first-order valence-electron chi connectivity index (χ1n) is 7.14. The van der Waals surface area contributed by atoms with Crippen molar-refractivity contribution in [2.24, 2.45) is 23.5 Å². The molecule has 0 spiro atoms. The predicted octanol–water partition coefficient (Wildman–Crippen LogP) is 2.17. The Morgan fingerprint density at radius 2 is 2.05 bits per heavy atom. The SMILES string of the molecule is NC(=O)COc1ccc(NCC2CC3C=CC2C3)cc1. The zero-order chi connectivity index (χ0) is 13.9. The van der Waals surface area contributed by atoms with Crippen LogP contribution in [0.15, 0.2) is 36.4 Å². The van der Waals surface area contributed by atoms with Crippen molar-refractivity contribution in [1.29, 1.82) is 0 Å². The number of fused-ring (bicyclic) bond motifs is 2. The number of anilines is 1. The van der Waals surface area contributed by atoms with Crippen molar-refractivity contribution in [3.8, 4) is 5.75 Å². The van der Waals surface area contributed by atoms with Crippen LogP contribution in [0.4, 0.5) is 5.69 Å². The molecule has 3 atom stereocenters. The van der Waals surface area contributed by atoms with E-state index >= 15 is 0 Å². The van der Waals surface area contributed by atoms with Gasteiger partial charge in [-0.2, -0.15) is 0 Å². The molecule has 3 unspecified atom stereocenters. The highest BCUT2D eigenvalue weighted by molar-refractivity contribution is 5.75. The third-order valence-corrected chi connectivity index (χ3v) is 4.22. The normalized spacial score (nSPS) is 26.7. The third-order valence-electron chi connectivity index (χ3n) is 4.22. The molecule has 2 aliphatic carbocycles. The summed E-state index contributed by atoms with van der Waals surface area (Å²) in [5.74, 6) is 2.55. The second-order valence-corrected chi connectivity index (χ2v) is 5.70. The lowest BCUT2D eigenvalue weighted by Crippen LogP contribution is -2.20. The van der Waals surface area contributed by atoms with Gasteiger partial charge in [-0.15, -0.1) is 0 Å². The second-order valence-electron chi connectivity index (χ2n) is 5.70. The quantitative estimate of drug-likeness (QED) is 0.780. The molecule has 0 aromatic heterocycles. The average molecular weight is 272 g/mol. The summed E-state index contributed by atoms with van der Waals surface area (Å²) in [4.78, 5) is 10.6. The van der Waals surface area contributed by atoms with Crippen LogP contribution in [0.2, 0.25) is 0 Å². The van der Waals surface area contributed by atoms with Crippen LogP contribution in [0.1, 0.15) is 12.8 Å². The lowest BCUT2D eigenvalue weighted by atomic mass is 9.93. The van der Waals surface area contributed by atoms with Crippen LogP contribution in [-0.2, 0) is 4.79 Å². The lowest BCUT2D eigenvalue weighted by molar-refractivity contribution is -0.119. The minimum atomic E-state index is -0.462. The van der Waals surface area contributed by atoms with Gasteiger partial charge in [0.05, 0.1) is 0 Å². The number of allylic oxidation sites excluding steroid dienone is 2. The van der Waals surface area contributed by atoms with Crippen molar-refractivity contribution in [2.45, 2.75) is 12.8 Å². The summed E-state index contributed by atoms with van der Waals surface area (Å²) in [6, 6.07) is 7.65. The van der Waals surface area contributed by atoms with Gasteiger partial charge in [-0.3, -0.25) is 4.79 Å². The van der Waals surface area contributed by atoms with E-state index < -0.39 is 5.91 Å². The number of carbonyl (C=O) groups excluding carboxylic acids is 1. The summed E-state index contributed by atoms with van der Waals surface area (Å²) in [6.07, 6.45) is 7.40. The van der Waals surface area contributed by atoms with Crippen LogP contribution in [0.3, 0.4) is 0 Å². The first-order chi connectivity index (χ1) is 9.70. The molecule has 2 aliphatic rings. The van der Waals surface area contributed by atoms with E-state index in [9.17, 15) is 4.79 Å². The van der Waals surface area contributed by atoms with Crippen molar-refractivity contribution in [3.05, 3.63) is 36.4 Å². The third kappa shape index (κ3) is 2.95. The monoisotopic (exact) mass is 272 g/mol. The van der Waals surface area contributed by atoms with E-state index in [1.165, 1.54) is 12.8 Å². The number of carbonyl (C=O) groups is 1. The summed E-state index contributed by atoms with van der Waals surface area (Å²) in [6.45, 7) is 0.942. The summed E-state index contributed by atoms with van der Waals surface area (Å²) in [7, 11) is 0. The maximum absolute atomic E-state index is 10.6. The molecule has 0 heterocycles. The molecule has 0 aliphatic heterocycles. The molecule has 3 N–H and O–H groups in total. The first kappa shape index (κ1) is 13.0. The van der Waals surface area contributed by atoms with Gasteiger partial charge in [0.1, 0.15) is 5.75 Å². The standard InChI is InChI=1S/C16H20N2O2/c17-16(19)10-20-15-5-3-14(4-6-15)18-9-13-8-11-1-2-12(13)7-11/h1-6,11-13,18H,7-10H2,(H2,17,19). The van der Waals surface area contributed by atoms with E-state index in [2.05, 4.69) is 17.5 Å². The van der Waals surface area contributed by atoms with Crippen LogP contribution in [0, 0.1) is 17.8 Å². The summed E-state index contributed by atoms with van der Waals surface area (Å²) in [5.41, 5.74) is 6.12. The minimum absolute atomic E-state index is 0.0791. The van der Waals surface area contributed by atoms with E-state index in [0.717, 1.165) is 30.0 Å². The van der Waals surface area contributed by atoms with Gasteiger partial charge < -0.3 is 15.8 Å². The molecular weight excluding hydrogens is 252 g/mol. The molecule has 2 bridgehead atoms. The van der Waals surface area contributed by atoms with Gasteiger partial charge in [-0.05, 0) is 54.9 Å². The Bertz CT molecular complexity index is 510. The van der Waals surface area contributed by atoms with Crippen LogP contribution < -0.4 is 15.8 Å². The van der Waals surface area contributed by atoms with Crippen molar-refractivity contribution in [3.63, 3.8) is 0 Å². The van der Waals surface area contributed by atoms with Gasteiger partial charge in [-0.1, -0.05) is 12.2 Å². The van der Waals surface area contributed by atoms with E-state index in [1.54, 1.807) is 0 Å². The molecule has 4 nitrogen and oxygen atoms in total. The number of ether oxygens (including phenoxy) is 1. The molecular formula is C16H20N2O2. The molecule has 1 amide bonds. The van der Waals surface area contributed by atoms with Crippen LogP contribution in [-0.4, -0.2) is 19.1 Å². The van der Waals surface area contributed by atoms with Crippen molar-refractivity contribution in [1.82, 2.24) is 0 Å². The molecule has 0 saturated heterocycles. The highest BCUT2D eigenvalue weighted by atomic mass is 16.5. The number of primary amides is 1. The Morgan fingerprint density at radius 1 is 1.25 bits per heavy atom. The zero-order valence-corrected chi connectivity index (χ0v) is 11.4. The Morgan fingerprint density at radius 3 is 2.65 bits per heavy atom. The van der Waals surface area contributed by atoms with Crippen molar-refractivity contribution < 1.29 is 9.53 Å². The molecule has 4 heteroatoms. The van der Waals surface area contributed by atoms with Crippen molar-refractivity contribution in [2.75, 3.05) is 18.5 Å². The predicted molar refractivity (Wildman–Crippen MR) is 78.5 cm³/mol. The largest absolute Gasteiger partial charge is 0.484 e. The van der Waals surface area contributed by atoms with E-state index in [0.29, 0.717) is 5.75 Å². The van der Waals surface area contributed by atoms with Gasteiger partial charge in [0, 0.05) is 12.2 Å². The molecule has 1 aromatic carbocycles.